The molecule has 5 rings (SSSR count). The molecule has 1 heterocycles. The van der Waals surface area contributed by atoms with Crippen molar-refractivity contribution >= 4 is 28.5 Å². The highest BCUT2D eigenvalue weighted by Crippen LogP contribution is 2.41. The number of nitrogens with one attached hydrogen (secondary N) is 3. The van der Waals surface area contributed by atoms with Gasteiger partial charge in [0.15, 0.2) is 0 Å². The van der Waals surface area contributed by atoms with E-state index in [1.165, 1.54) is 5.56 Å². The van der Waals surface area contributed by atoms with Crippen LogP contribution in [0.2, 0.25) is 0 Å². The van der Waals surface area contributed by atoms with Crippen molar-refractivity contribution in [2.24, 2.45) is 0 Å². The van der Waals surface area contributed by atoms with Crippen molar-refractivity contribution in [2.45, 2.75) is 82.6 Å². The fourth-order valence-corrected chi connectivity index (χ4v) is 6.59. The average molecular weight is 578 g/mol. The van der Waals surface area contributed by atoms with Crippen LogP contribution in [0.5, 0.6) is 0 Å². The Morgan fingerprint density at radius 2 is 1.51 bits per heavy atom. The second-order valence-corrected chi connectivity index (χ2v) is 11.9. The summed E-state index contributed by atoms with van der Waals surface area (Å²) in [6.45, 7) is 2.07. The number of hydrogen-bond acceptors (Lipinski definition) is 3. The average Bonchev–Trinajstić information content (AvgIpc) is 3.68. The molecule has 3 N–H and O–H groups in total. The number of rotatable bonds is 14. The maximum absolute atomic E-state index is 13.9. The van der Waals surface area contributed by atoms with E-state index in [0.29, 0.717) is 25.8 Å². The van der Waals surface area contributed by atoms with Crippen molar-refractivity contribution in [1.82, 2.24) is 15.6 Å². The molecule has 43 heavy (non-hydrogen) atoms. The van der Waals surface area contributed by atoms with E-state index in [2.05, 4.69) is 39.9 Å². The van der Waals surface area contributed by atoms with E-state index in [9.17, 15) is 14.4 Å². The maximum atomic E-state index is 13.9. The second-order valence-electron chi connectivity index (χ2n) is 11.9. The predicted molar refractivity (Wildman–Crippen MR) is 173 cm³/mol. The first-order valence-electron chi connectivity index (χ1n) is 15.8. The number of unbranched alkanes of at least 4 members (excludes halogenated alkanes) is 2. The summed E-state index contributed by atoms with van der Waals surface area (Å²) in [6, 6.07) is 27.9. The molecular weight excluding hydrogens is 534 g/mol. The number of hydrogen-bond donors (Lipinski definition) is 3. The minimum atomic E-state index is -0.623. The molecule has 1 aliphatic carbocycles. The molecule has 1 aliphatic rings. The van der Waals surface area contributed by atoms with Gasteiger partial charge in [-0.05, 0) is 61.8 Å². The molecule has 224 valence electrons. The van der Waals surface area contributed by atoms with Gasteiger partial charge in [-0.3, -0.25) is 9.59 Å². The minimum absolute atomic E-state index is 0.0527. The molecule has 0 aliphatic heterocycles. The van der Waals surface area contributed by atoms with Gasteiger partial charge in [-0.2, -0.15) is 0 Å². The lowest BCUT2D eigenvalue weighted by molar-refractivity contribution is -0.132. The third-order valence-corrected chi connectivity index (χ3v) is 8.91. The van der Waals surface area contributed by atoms with Gasteiger partial charge >= 0.3 is 0 Å². The van der Waals surface area contributed by atoms with Crippen LogP contribution in [0.25, 0.3) is 22.2 Å². The van der Waals surface area contributed by atoms with Crippen LogP contribution in [-0.2, 0) is 26.2 Å². The molecule has 1 aromatic heterocycles. The fraction of sp³-hybridized carbons (Fsp3) is 0.378. The van der Waals surface area contributed by atoms with Gasteiger partial charge in [-0.1, -0.05) is 105 Å². The lowest BCUT2D eigenvalue weighted by atomic mass is 9.77. The molecule has 0 spiro atoms. The monoisotopic (exact) mass is 577 g/mol. The van der Waals surface area contributed by atoms with Crippen molar-refractivity contribution in [3.8, 4) is 11.3 Å². The van der Waals surface area contributed by atoms with Gasteiger partial charge in [-0.25, -0.2) is 0 Å². The van der Waals surface area contributed by atoms with Crippen LogP contribution < -0.4 is 10.6 Å². The van der Waals surface area contributed by atoms with Gasteiger partial charge in [0, 0.05) is 29.6 Å². The molecule has 6 nitrogen and oxygen atoms in total. The van der Waals surface area contributed by atoms with Crippen LogP contribution in [0.3, 0.4) is 0 Å². The Hall–Kier alpha value is -4.19. The van der Waals surface area contributed by atoms with Gasteiger partial charge in [0.25, 0.3) is 0 Å². The molecule has 0 bridgehead atoms. The number of aromatic amines is 1. The third kappa shape index (κ3) is 7.24. The number of amides is 2. The van der Waals surface area contributed by atoms with Gasteiger partial charge in [0.1, 0.15) is 11.8 Å². The summed E-state index contributed by atoms with van der Waals surface area (Å²) in [5.74, 6) is -0.0221. The Morgan fingerprint density at radius 1 is 0.837 bits per heavy atom. The number of carbonyl (C=O) groups excluding carboxylic acids is 3. The summed E-state index contributed by atoms with van der Waals surface area (Å²) >= 11 is 0. The number of Topliss-reactive ketones (excluding diaryl/α,β-unsaturated/α-hetero) is 1. The normalized spacial score (nSPS) is 14.8. The zero-order valence-corrected chi connectivity index (χ0v) is 25.2. The maximum Gasteiger partial charge on any atom is 0.242 e. The molecule has 4 aromatic rings. The third-order valence-electron chi connectivity index (χ3n) is 8.91. The molecule has 1 atom stereocenters. The number of benzene rings is 3. The van der Waals surface area contributed by atoms with E-state index in [1.54, 1.807) is 6.92 Å². The smallest absolute Gasteiger partial charge is 0.242 e. The zero-order valence-electron chi connectivity index (χ0n) is 25.2. The van der Waals surface area contributed by atoms with Crippen molar-refractivity contribution in [2.75, 3.05) is 6.54 Å². The highest BCUT2D eigenvalue weighted by Gasteiger charge is 2.43. The van der Waals surface area contributed by atoms with Gasteiger partial charge < -0.3 is 20.4 Å². The molecule has 0 radical (unpaired) electrons. The largest absolute Gasteiger partial charge is 0.354 e. The van der Waals surface area contributed by atoms with Crippen LogP contribution >= 0.6 is 0 Å². The fourth-order valence-electron chi connectivity index (χ4n) is 6.59. The Labute approximate surface area is 254 Å². The minimum Gasteiger partial charge on any atom is -0.354 e. The lowest BCUT2D eigenvalue weighted by Gasteiger charge is -2.30. The first kappa shape index (κ1) is 30.3. The Kier molecular flexibility index (Phi) is 10.1. The molecule has 1 saturated carbocycles. The SMILES string of the molecule is CC(=O)CCCCC[C@H](NC(=O)C1(c2ccccc2)CCCC1)C(=O)NCCc1c(-c2ccccc2)[nH]c2ccccc12. The summed E-state index contributed by atoms with van der Waals surface area (Å²) in [5, 5.41) is 7.48. The van der Waals surface area contributed by atoms with Crippen LogP contribution in [0.15, 0.2) is 84.9 Å². The Bertz CT molecular complexity index is 1520. The first-order valence-corrected chi connectivity index (χ1v) is 15.8. The van der Waals surface area contributed by atoms with Crippen molar-refractivity contribution < 1.29 is 14.4 Å². The summed E-state index contributed by atoms with van der Waals surface area (Å²) < 4.78 is 0. The summed E-state index contributed by atoms with van der Waals surface area (Å²) in [5.41, 5.74) is 4.85. The van der Waals surface area contributed by atoms with Crippen LogP contribution in [0, 0.1) is 0 Å². The lowest BCUT2D eigenvalue weighted by Crippen LogP contribution is -2.52. The first-order chi connectivity index (χ1) is 21.0. The number of carbonyl (C=O) groups is 3. The predicted octanol–water partition coefficient (Wildman–Crippen LogP) is 7.03. The molecular formula is C37H43N3O3. The number of aromatic nitrogens is 1. The number of ketones is 1. The second kappa shape index (κ2) is 14.3. The topological polar surface area (TPSA) is 91.1 Å². The van der Waals surface area contributed by atoms with E-state index >= 15 is 0 Å². The number of H-pyrrole nitrogens is 1. The highest BCUT2D eigenvalue weighted by atomic mass is 16.2. The number of para-hydroxylation sites is 1. The molecule has 2 amide bonds. The van der Waals surface area contributed by atoms with Crippen molar-refractivity contribution in [3.05, 3.63) is 96.1 Å². The van der Waals surface area contributed by atoms with E-state index in [4.69, 9.17) is 0 Å². The molecule has 0 saturated heterocycles. The summed E-state index contributed by atoms with van der Waals surface area (Å²) in [4.78, 5) is 42.6. The summed E-state index contributed by atoms with van der Waals surface area (Å²) in [7, 11) is 0. The van der Waals surface area contributed by atoms with Gasteiger partial charge in [0.2, 0.25) is 11.8 Å². The van der Waals surface area contributed by atoms with Crippen LogP contribution in [0.4, 0.5) is 0 Å². The standard InChI is InChI=1S/C37H43N3O3/c1-27(41)15-5-2-10-22-33(40-36(43)37(24-13-14-25-37)29-18-8-4-9-19-29)35(42)38-26-23-31-30-20-11-12-21-32(30)39-34(31)28-16-6-3-7-17-28/h3-4,6-9,11-12,16-21,33,39H,2,5,10,13-15,22-26H2,1H3,(H,38,42)(H,40,43)/t33-/m0/s1. The van der Waals surface area contributed by atoms with E-state index in [0.717, 1.165) is 72.7 Å². The highest BCUT2D eigenvalue weighted by molar-refractivity contribution is 5.94. The molecule has 3 aromatic carbocycles. The summed E-state index contributed by atoms with van der Waals surface area (Å²) in [6.07, 6.45) is 7.75. The van der Waals surface area contributed by atoms with Crippen LogP contribution in [-0.4, -0.2) is 35.2 Å². The molecule has 6 heteroatoms. The van der Waals surface area contributed by atoms with Gasteiger partial charge in [-0.15, -0.1) is 0 Å². The van der Waals surface area contributed by atoms with Crippen LogP contribution in [0.1, 0.15) is 75.8 Å². The van der Waals surface area contributed by atoms with E-state index in [1.807, 2.05) is 60.7 Å². The molecule has 0 unspecified atom stereocenters. The number of fused-ring (bicyclic) bond motifs is 1. The van der Waals surface area contributed by atoms with E-state index < -0.39 is 11.5 Å². The quantitative estimate of drug-likeness (QED) is 0.141. The van der Waals surface area contributed by atoms with E-state index in [-0.39, 0.29) is 17.6 Å². The van der Waals surface area contributed by atoms with Crippen molar-refractivity contribution in [3.63, 3.8) is 0 Å². The molecule has 1 fully saturated rings. The Morgan fingerprint density at radius 3 is 2.23 bits per heavy atom. The van der Waals surface area contributed by atoms with Crippen molar-refractivity contribution in [1.29, 1.82) is 0 Å². The zero-order chi connectivity index (χ0) is 30.1. The van der Waals surface area contributed by atoms with Gasteiger partial charge in [0.05, 0.1) is 5.41 Å². The Balaban J connectivity index is 1.30.